The number of aromatic nitrogens is 3. The summed E-state index contributed by atoms with van der Waals surface area (Å²) in [5, 5.41) is 11.8. The molecule has 0 aromatic carbocycles. The molecule has 8 nitrogen and oxygen atoms in total. The van der Waals surface area contributed by atoms with E-state index in [9.17, 15) is 4.79 Å². The second-order valence-corrected chi connectivity index (χ2v) is 7.41. The number of nitrogens with one attached hydrogen (secondary N) is 1. The van der Waals surface area contributed by atoms with Crippen LogP contribution in [-0.2, 0) is 22.5 Å². The van der Waals surface area contributed by atoms with Gasteiger partial charge in [-0.05, 0) is 25.7 Å². The van der Waals surface area contributed by atoms with Crippen molar-refractivity contribution in [3.63, 3.8) is 0 Å². The van der Waals surface area contributed by atoms with E-state index in [2.05, 4.69) is 31.9 Å². The molecule has 1 aromatic heterocycles. The molecule has 2 heterocycles. The van der Waals surface area contributed by atoms with Crippen molar-refractivity contribution in [3.05, 3.63) is 12.2 Å². The number of hydrogen-bond donors (Lipinski definition) is 1. The first-order valence-corrected chi connectivity index (χ1v) is 10.2. The van der Waals surface area contributed by atoms with Crippen molar-refractivity contribution in [2.24, 2.45) is 10.9 Å². The number of carbonyl (C=O) groups excluding carboxylic acids is 1. The van der Waals surface area contributed by atoms with Crippen LogP contribution in [0.5, 0.6) is 0 Å². The Morgan fingerprint density at radius 1 is 1.29 bits per heavy atom. The number of hydrogen-bond acceptors (Lipinski definition) is 5. The Labute approximate surface area is 184 Å². The number of halogens is 1. The van der Waals surface area contributed by atoms with Gasteiger partial charge in [0.25, 0.3) is 0 Å². The van der Waals surface area contributed by atoms with Crippen molar-refractivity contribution >= 4 is 35.9 Å². The lowest BCUT2D eigenvalue weighted by molar-refractivity contribution is -0.146. The zero-order valence-electron chi connectivity index (χ0n) is 17.0. The zero-order chi connectivity index (χ0) is 19.1. The van der Waals surface area contributed by atoms with E-state index in [-0.39, 0.29) is 35.9 Å². The number of ether oxygens (including phenoxy) is 1. The molecule has 0 amide bonds. The maximum atomic E-state index is 11.8. The second-order valence-electron chi connectivity index (χ2n) is 7.41. The molecular weight excluding hydrogens is 471 g/mol. The summed E-state index contributed by atoms with van der Waals surface area (Å²) >= 11 is 0. The minimum Gasteiger partial charge on any atom is -0.469 e. The van der Waals surface area contributed by atoms with Crippen LogP contribution in [0, 0.1) is 5.92 Å². The molecule has 2 aliphatic rings. The summed E-state index contributed by atoms with van der Waals surface area (Å²) < 4.78 is 6.97. The monoisotopic (exact) mass is 504 g/mol. The standard InChI is InChI=1S/C19H32N6O2.HI/c1-3-17-23-21-14-25(17)13-10-20-19(22-16-6-4-5-7-16)24-11-8-15(9-12-24)18(26)27-2;/h14-16H,3-13H2,1-2H3,(H,20,22);1H. The Hall–Kier alpha value is -1.39. The number of likely N-dealkylation sites (tertiary alicyclic amines) is 1. The SMILES string of the molecule is CCc1nncn1CCN=C(NC1CCCC1)N1CCC(C(=O)OC)CC1.I. The summed E-state index contributed by atoms with van der Waals surface area (Å²) in [7, 11) is 1.47. The Bertz CT molecular complexity index is 636. The molecule has 1 saturated carbocycles. The molecule has 1 aliphatic carbocycles. The van der Waals surface area contributed by atoms with Crippen molar-refractivity contribution in [3.8, 4) is 0 Å². The molecule has 28 heavy (non-hydrogen) atoms. The molecule has 9 heteroatoms. The maximum absolute atomic E-state index is 11.8. The molecule has 2 fully saturated rings. The second kappa shape index (κ2) is 11.6. The number of esters is 1. The van der Waals surface area contributed by atoms with Crippen molar-refractivity contribution in [2.75, 3.05) is 26.7 Å². The quantitative estimate of drug-likeness (QED) is 0.277. The summed E-state index contributed by atoms with van der Waals surface area (Å²) in [5.41, 5.74) is 0. The Morgan fingerprint density at radius 3 is 2.64 bits per heavy atom. The number of aliphatic imine (C=N–C) groups is 1. The average molecular weight is 504 g/mol. The Balaban J connectivity index is 0.00000280. The van der Waals surface area contributed by atoms with E-state index in [0.29, 0.717) is 12.6 Å². The molecule has 1 aromatic rings. The van der Waals surface area contributed by atoms with Crippen LogP contribution in [0.2, 0.25) is 0 Å². The van der Waals surface area contributed by atoms with E-state index in [1.807, 2.05) is 0 Å². The summed E-state index contributed by atoms with van der Waals surface area (Å²) in [4.78, 5) is 19.0. The lowest BCUT2D eigenvalue weighted by atomic mass is 9.97. The highest BCUT2D eigenvalue weighted by molar-refractivity contribution is 14.0. The fraction of sp³-hybridized carbons (Fsp3) is 0.789. The van der Waals surface area contributed by atoms with Gasteiger partial charge in [-0.15, -0.1) is 34.2 Å². The zero-order valence-corrected chi connectivity index (χ0v) is 19.3. The predicted octanol–water partition coefficient (Wildman–Crippen LogP) is 2.23. The minimum atomic E-state index is -0.0865. The number of methoxy groups -OCH3 is 1. The first-order chi connectivity index (χ1) is 13.2. The molecule has 1 saturated heterocycles. The molecule has 0 bridgehead atoms. The fourth-order valence-electron chi connectivity index (χ4n) is 3.99. The number of piperidine rings is 1. The molecule has 1 N–H and O–H groups in total. The molecule has 3 rings (SSSR count). The van der Waals surface area contributed by atoms with Gasteiger partial charge in [-0.1, -0.05) is 19.8 Å². The van der Waals surface area contributed by atoms with Crippen LogP contribution in [0.3, 0.4) is 0 Å². The highest BCUT2D eigenvalue weighted by Crippen LogP contribution is 2.21. The lowest BCUT2D eigenvalue weighted by Crippen LogP contribution is -2.49. The van der Waals surface area contributed by atoms with Gasteiger partial charge in [0, 0.05) is 32.1 Å². The number of nitrogens with zero attached hydrogens (tertiary/aromatic N) is 5. The largest absolute Gasteiger partial charge is 0.469 e. The summed E-state index contributed by atoms with van der Waals surface area (Å²) in [5.74, 6) is 1.91. The van der Waals surface area contributed by atoms with Crippen molar-refractivity contribution in [1.29, 1.82) is 0 Å². The third kappa shape index (κ3) is 6.05. The van der Waals surface area contributed by atoms with Crippen LogP contribution >= 0.6 is 24.0 Å². The Morgan fingerprint density at radius 2 is 2.00 bits per heavy atom. The number of aryl methyl sites for hydroxylation is 1. The van der Waals surface area contributed by atoms with Gasteiger partial charge in [0.1, 0.15) is 12.2 Å². The normalized spacial score (nSPS) is 18.8. The molecule has 0 spiro atoms. The smallest absolute Gasteiger partial charge is 0.308 e. The van der Waals surface area contributed by atoms with Gasteiger partial charge in [-0.3, -0.25) is 9.79 Å². The van der Waals surface area contributed by atoms with Crippen LogP contribution in [-0.4, -0.2) is 64.4 Å². The van der Waals surface area contributed by atoms with E-state index in [1.165, 1.54) is 32.8 Å². The van der Waals surface area contributed by atoms with Gasteiger partial charge < -0.3 is 19.5 Å². The highest BCUT2D eigenvalue weighted by atomic mass is 127. The van der Waals surface area contributed by atoms with Crippen LogP contribution in [0.4, 0.5) is 0 Å². The van der Waals surface area contributed by atoms with Crippen LogP contribution in [0.1, 0.15) is 51.3 Å². The van der Waals surface area contributed by atoms with Gasteiger partial charge in [-0.25, -0.2) is 0 Å². The summed E-state index contributed by atoms with van der Waals surface area (Å²) in [6, 6.07) is 0.517. The molecule has 158 valence electrons. The predicted molar refractivity (Wildman–Crippen MR) is 119 cm³/mol. The lowest BCUT2D eigenvalue weighted by Gasteiger charge is -2.34. The first kappa shape index (κ1) is 22.9. The van der Waals surface area contributed by atoms with E-state index >= 15 is 0 Å². The van der Waals surface area contributed by atoms with E-state index in [0.717, 1.165) is 50.7 Å². The fourth-order valence-corrected chi connectivity index (χ4v) is 3.99. The van der Waals surface area contributed by atoms with Gasteiger partial charge in [-0.2, -0.15) is 0 Å². The summed E-state index contributed by atoms with van der Waals surface area (Å²) in [6.07, 6.45) is 9.29. The third-order valence-electron chi connectivity index (χ3n) is 5.63. The minimum absolute atomic E-state index is 0. The van der Waals surface area contributed by atoms with Crippen molar-refractivity contribution < 1.29 is 9.53 Å². The van der Waals surface area contributed by atoms with Crippen LogP contribution < -0.4 is 5.32 Å². The van der Waals surface area contributed by atoms with Crippen LogP contribution in [0.25, 0.3) is 0 Å². The highest BCUT2D eigenvalue weighted by Gasteiger charge is 2.28. The van der Waals surface area contributed by atoms with Gasteiger partial charge in [0.05, 0.1) is 19.6 Å². The molecular formula is C19H33IN6O2. The maximum Gasteiger partial charge on any atom is 0.308 e. The number of carbonyl (C=O) groups is 1. The number of rotatable bonds is 6. The van der Waals surface area contributed by atoms with Crippen LogP contribution in [0.15, 0.2) is 11.3 Å². The molecule has 0 radical (unpaired) electrons. The van der Waals surface area contributed by atoms with Gasteiger partial charge in [0.2, 0.25) is 0 Å². The summed E-state index contributed by atoms with van der Waals surface area (Å²) in [6.45, 7) is 5.24. The van der Waals surface area contributed by atoms with Gasteiger partial charge in [0.15, 0.2) is 5.96 Å². The molecule has 1 aliphatic heterocycles. The van der Waals surface area contributed by atoms with E-state index < -0.39 is 0 Å². The molecule has 0 atom stereocenters. The average Bonchev–Trinajstić information content (AvgIpc) is 3.38. The van der Waals surface area contributed by atoms with Crippen molar-refractivity contribution in [1.82, 2.24) is 25.0 Å². The Kier molecular flexibility index (Phi) is 9.46. The first-order valence-electron chi connectivity index (χ1n) is 10.2. The topological polar surface area (TPSA) is 84.6 Å². The third-order valence-corrected chi connectivity index (χ3v) is 5.63. The molecule has 0 unspecified atom stereocenters. The van der Waals surface area contributed by atoms with Crippen molar-refractivity contribution in [2.45, 2.75) is 64.5 Å². The van der Waals surface area contributed by atoms with Gasteiger partial charge >= 0.3 is 5.97 Å². The number of guanidine groups is 1. The van der Waals surface area contributed by atoms with E-state index in [1.54, 1.807) is 6.33 Å². The van der Waals surface area contributed by atoms with E-state index in [4.69, 9.17) is 9.73 Å².